The minimum Gasteiger partial charge on any atom is -0.453 e. The smallest absolute Gasteiger partial charge is 0.411 e. The van der Waals surface area contributed by atoms with E-state index in [0.717, 1.165) is 11.1 Å². The van der Waals surface area contributed by atoms with Gasteiger partial charge < -0.3 is 15.2 Å². The number of nitrogens with zero attached hydrogens (tertiary/aromatic N) is 6. The van der Waals surface area contributed by atoms with E-state index in [0.29, 0.717) is 45.3 Å². The number of aliphatic hydroxyl groups excluding tert-OH is 1. The van der Waals surface area contributed by atoms with Gasteiger partial charge in [-0.1, -0.05) is 54.1 Å². The quantitative estimate of drug-likeness (QED) is 0.193. The van der Waals surface area contributed by atoms with Gasteiger partial charge in [0.2, 0.25) is 5.91 Å². The number of amides is 2. The molecule has 3 N–H and O–H groups in total. The van der Waals surface area contributed by atoms with E-state index in [1.54, 1.807) is 54.6 Å². The summed E-state index contributed by atoms with van der Waals surface area (Å²) in [6.07, 6.45) is 4.33. The molecule has 3 aromatic carbocycles. The molecule has 12 nitrogen and oxygen atoms in total. The number of nitrogens with one attached hydrogen (secondary N) is 2. The van der Waals surface area contributed by atoms with E-state index in [-0.39, 0.29) is 12.5 Å². The van der Waals surface area contributed by atoms with Gasteiger partial charge in [0.1, 0.15) is 6.33 Å². The highest BCUT2D eigenvalue weighted by Gasteiger charge is 2.20. The zero-order chi connectivity index (χ0) is 30.9. The van der Waals surface area contributed by atoms with Crippen LogP contribution >= 0.6 is 11.6 Å². The summed E-state index contributed by atoms with van der Waals surface area (Å²) in [5, 5.41) is 36.1. The second-order valence-corrected chi connectivity index (χ2v) is 9.96. The third kappa shape index (κ3) is 7.48. The fraction of sp³-hybridized carbons (Fsp3) is 0.129. The summed E-state index contributed by atoms with van der Waals surface area (Å²) in [6.45, 7) is -0.341. The van der Waals surface area contributed by atoms with Gasteiger partial charge in [-0.05, 0) is 70.4 Å². The number of ether oxygens (including phenoxy) is 1. The number of carbonyl (C=O) groups is 2. The van der Waals surface area contributed by atoms with Crippen LogP contribution in [0.25, 0.3) is 22.9 Å². The lowest BCUT2D eigenvalue weighted by Gasteiger charge is -2.19. The minimum atomic E-state index is -0.586. The number of hydrogen-bond donors (Lipinski definition) is 3. The summed E-state index contributed by atoms with van der Waals surface area (Å²) in [5.41, 5.74) is 5.03. The zero-order valence-electron chi connectivity index (χ0n) is 23.5. The molecule has 222 valence electrons. The Morgan fingerprint density at radius 1 is 1.05 bits per heavy atom. The maximum atomic E-state index is 13.3. The van der Waals surface area contributed by atoms with Crippen LogP contribution in [0.2, 0.25) is 5.02 Å². The lowest BCUT2D eigenvalue weighted by atomic mass is 9.98. The Labute approximate surface area is 257 Å². The number of aliphatic hydroxyl groups is 1. The Morgan fingerprint density at radius 3 is 2.55 bits per heavy atom. The third-order valence-electron chi connectivity index (χ3n) is 6.62. The molecule has 0 aliphatic rings. The van der Waals surface area contributed by atoms with Gasteiger partial charge in [-0.25, -0.2) is 4.79 Å². The zero-order valence-corrected chi connectivity index (χ0v) is 24.2. The van der Waals surface area contributed by atoms with Crippen molar-refractivity contribution in [2.75, 3.05) is 12.4 Å². The van der Waals surface area contributed by atoms with Gasteiger partial charge >= 0.3 is 6.09 Å². The molecule has 44 heavy (non-hydrogen) atoms. The number of methoxy groups -OCH3 is 1. The van der Waals surface area contributed by atoms with Crippen molar-refractivity contribution >= 4 is 35.4 Å². The van der Waals surface area contributed by atoms with Gasteiger partial charge in [-0.15, -0.1) is 5.10 Å². The number of anilines is 1. The van der Waals surface area contributed by atoms with E-state index >= 15 is 0 Å². The summed E-state index contributed by atoms with van der Waals surface area (Å²) in [5.74, 6) is -0.374. The molecule has 0 saturated carbocycles. The summed E-state index contributed by atoms with van der Waals surface area (Å²) >= 11 is 6.22. The molecular formula is C31H27ClN8O4. The summed E-state index contributed by atoms with van der Waals surface area (Å²) in [6, 6.07) is 23.1. The monoisotopic (exact) mass is 610 g/mol. The molecule has 0 saturated heterocycles. The second kappa shape index (κ2) is 14.1. The van der Waals surface area contributed by atoms with E-state index in [1.165, 1.54) is 24.2 Å². The first-order valence-corrected chi connectivity index (χ1v) is 13.8. The van der Waals surface area contributed by atoms with Crippen molar-refractivity contribution in [1.29, 1.82) is 0 Å². The molecule has 5 aromatic rings. The summed E-state index contributed by atoms with van der Waals surface area (Å²) < 4.78 is 6.12. The highest BCUT2D eigenvalue weighted by atomic mass is 35.5. The van der Waals surface area contributed by atoms with Crippen molar-refractivity contribution in [3.05, 3.63) is 119 Å². The minimum absolute atomic E-state index is 0.341. The summed E-state index contributed by atoms with van der Waals surface area (Å²) in [4.78, 5) is 24.9. The van der Waals surface area contributed by atoms with Crippen LogP contribution in [-0.4, -0.2) is 54.6 Å². The normalized spacial score (nSPS) is 11.7. The van der Waals surface area contributed by atoms with Gasteiger partial charge in [-0.2, -0.15) is 14.9 Å². The molecule has 0 bridgehead atoms. The molecule has 0 aliphatic carbocycles. The predicted octanol–water partition coefficient (Wildman–Crippen LogP) is 4.56. The SMILES string of the molecule is COC(=O)Nc1ccc(-c2cc(C(Cc3ccccc3)NC(=O)/C=C/c3cc(Cl)ccc3-n3cnnn3)nnc2CO)cc1. The number of hydrogen-bond acceptors (Lipinski definition) is 9. The maximum absolute atomic E-state index is 13.3. The predicted molar refractivity (Wildman–Crippen MR) is 164 cm³/mol. The van der Waals surface area contributed by atoms with Crippen LogP contribution in [0.3, 0.4) is 0 Å². The van der Waals surface area contributed by atoms with E-state index < -0.39 is 12.1 Å². The molecular weight excluding hydrogens is 584 g/mol. The average molecular weight is 611 g/mol. The lowest BCUT2D eigenvalue weighted by Crippen LogP contribution is -2.29. The topological polar surface area (TPSA) is 157 Å². The van der Waals surface area contributed by atoms with Crippen LogP contribution in [0.5, 0.6) is 0 Å². The first-order chi connectivity index (χ1) is 21.4. The van der Waals surface area contributed by atoms with Crippen molar-refractivity contribution in [2.24, 2.45) is 0 Å². The highest BCUT2D eigenvalue weighted by Crippen LogP contribution is 2.28. The number of carbonyl (C=O) groups excluding carboxylic acids is 2. The van der Waals surface area contributed by atoms with Crippen LogP contribution in [0.1, 0.15) is 28.6 Å². The van der Waals surface area contributed by atoms with E-state index in [1.807, 2.05) is 30.3 Å². The van der Waals surface area contributed by atoms with Gasteiger partial charge in [-0.3, -0.25) is 10.1 Å². The van der Waals surface area contributed by atoms with Crippen molar-refractivity contribution in [3.8, 4) is 16.8 Å². The Bertz CT molecular complexity index is 1760. The fourth-order valence-electron chi connectivity index (χ4n) is 4.47. The number of tetrazole rings is 1. The maximum Gasteiger partial charge on any atom is 0.411 e. The second-order valence-electron chi connectivity index (χ2n) is 9.52. The van der Waals surface area contributed by atoms with Gasteiger partial charge in [0.25, 0.3) is 0 Å². The molecule has 0 fully saturated rings. The average Bonchev–Trinajstić information content (AvgIpc) is 3.59. The van der Waals surface area contributed by atoms with Crippen molar-refractivity contribution in [1.82, 2.24) is 35.7 Å². The van der Waals surface area contributed by atoms with Crippen molar-refractivity contribution in [2.45, 2.75) is 19.1 Å². The van der Waals surface area contributed by atoms with Crippen LogP contribution < -0.4 is 10.6 Å². The standard InChI is InChI=1S/C31H27ClN8O4/c1-44-31(43)34-24-11-7-21(8-12-24)25-17-27(36-37-28(25)18-41)26(15-20-5-3-2-4-6-20)35-30(42)14-9-22-16-23(32)10-13-29(22)40-19-33-38-39-40/h2-14,16-17,19,26,41H,15,18H2,1H3,(H,34,43)(H,35,42)/b14-9+. The summed E-state index contributed by atoms with van der Waals surface area (Å²) in [7, 11) is 1.28. The number of rotatable bonds is 10. The molecule has 1 atom stereocenters. The first-order valence-electron chi connectivity index (χ1n) is 13.4. The van der Waals surface area contributed by atoms with Crippen LogP contribution in [0, 0.1) is 0 Å². The number of aromatic nitrogens is 6. The van der Waals surface area contributed by atoms with Gasteiger partial charge in [0.05, 0.1) is 36.8 Å². The van der Waals surface area contributed by atoms with Gasteiger partial charge in [0.15, 0.2) is 0 Å². The van der Waals surface area contributed by atoms with E-state index in [2.05, 4.69) is 41.1 Å². The molecule has 5 rings (SSSR count). The molecule has 0 radical (unpaired) electrons. The molecule has 0 spiro atoms. The third-order valence-corrected chi connectivity index (χ3v) is 6.86. The van der Waals surface area contributed by atoms with Gasteiger partial charge in [0, 0.05) is 27.9 Å². The Kier molecular flexibility index (Phi) is 9.64. The van der Waals surface area contributed by atoms with E-state index in [4.69, 9.17) is 11.6 Å². The fourth-order valence-corrected chi connectivity index (χ4v) is 4.66. The van der Waals surface area contributed by atoms with Crippen LogP contribution in [0.4, 0.5) is 10.5 Å². The van der Waals surface area contributed by atoms with Crippen LogP contribution in [-0.2, 0) is 22.6 Å². The van der Waals surface area contributed by atoms with Crippen molar-refractivity contribution < 1.29 is 19.4 Å². The lowest BCUT2D eigenvalue weighted by molar-refractivity contribution is -0.117. The van der Waals surface area contributed by atoms with Crippen molar-refractivity contribution in [3.63, 3.8) is 0 Å². The Hall–Kier alpha value is -5.46. The molecule has 13 heteroatoms. The molecule has 0 aliphatic heterocycles. The number of halogens is 1. The highest BCUT2D eigenvalue weighted by molar-refractivity contribution is 6.30. The largest absolute Gasteiger partial charge is 0.453 e. The Morgan fingerprint density at radius 2 is 1.84 bits per heavy atom. The van der Waals surface area contributed by atoms with E-state index in [9.17, 15) is 14.7 Å². The molecule has 2 amide bonds. The number of benzene rings is 3. The molecule has 2 aromatic heterocycles. The Balaban J connectivity index is 1.44. The molecule has 1 unspecified atom stereocenters. The molecule has 2 heterocycles. The first kappa shape index (κ1) is 30.0. The van der Waals surface area contributed by atoms with Crippen LogP contribution in [0.15, 0.2) is 91.3 Å².